The summed E-state index contributed by atoms with van der Waals surface area (Å²) in [5.74, 6) is 0. The van der Waals surface area contributed by atoms with E-state index in [1.165, 1.54) is 3.59 Å². The van der Waals surface area contributed by atoms with E-state index in [9.17, 15) is 8.42 Å². The molecule has 6 heteroatoms. The van der Waals surface area contributed by atoms with Crippen molar-refractivity contribution in [2.75, 3.05) is 0 Å². The Morgan fingerprint density at radius 3 is 2.35 bits per heavy atom. The van der Waals surface area contributed by atoms with Gasteiger partial charge in [0, 0.05) is 5.39 Å². The number of aromatic nitrogens is 1. The number of rotatable bonds is 2. The van der Waals surface area contributed by atoms with Crippen LogP contribution in [-0.2, 0) is 9.84 Å². The van der Waals surface area contributed by atoms with Gasteiger partial charge < -0.3 is 0 Å². The molecule has 0 saturated heterocycles. The fourth-order valence-corrected chi connectivity index (χ4v) is 4.59. The van der Waals surface area contributed by atoms with E-state index < -0.39 is 9.84 Å². The van der Waals surface area contributed by atoms with Crippen LogP contribution in [0.15, 0.2) is 64.5 Å². The minimum atomic E-state index is -3.59. The second kappa shape index (κ2) is 4.91. The summed E-state index contributed by atoms with van der Waals surface area (Å²) in [5.41, 5.74) is 0.715. The number of halogens is 2. The van der Waals surface area contributed by atoms with Crippen LogP contribution in [0.5, 0.6) is 0 Å². The number of sulfone groups is 1. The Bertz CT molecular complexity index is 888. The van der Waals surface area contributed by atoms with Crippen molar-refractivity contribution in [2.45, 2.75) is 9.92 Å². The molecule has 0 amide bonds. The average Bonchev–Trinajstić information content (AvgIpc) is 2.80. The maximum absolute atomic E-state index is 12.6. The van der Waals surface area contributed by atoms with Gasteiger partial charge in [0.15, 0.2) is 5.03 Å². The molecule has 102 valence electrons. The molecule has 1 aromatic heterocycles. The van der Waals surface area contributed by atoms with Crippen LogP contribution >= 0.6 is 27.7 Å². The maximum atomic E-state index is 12.6. The highest BCUT2D eigenvalue weighted by atomic mass is 79.9. The van der Waals surface area contributed by atoms with Crippen LogP contribution in [0.4, 0.5) is 0 Å². The highest BCUT2D eigenvalue weighted by Crippen LogP contribution is 2.33. The molecule has 1 heterocycles. The van der Waals surface area contributed by atoms with E-state index in [0.717, 1.165) is 0 Å². The molecule has 20 heavy (non-hydrogen) atoms. The quantitative estimate of drug-likeness (QED) is 0.675. The van der Waals surface area contributed by atoms with Gasteiger partial charge in [-0.25, -0.2) is 8.42 Å². The lowest BCUT2D eigenvalue weighted by molar-refractivity contribution is 0.592. The standard InChI is InChI=1S/C14H9BrClNO2S/c15-17-13-8-4-7-12(16)11(13)9-14(17)20(18,19)10-5-2-1-3-6-10/h1-9H. The Kier molecular flexibility index (Phi) is 3.36. The Morgan fingerprint density at radius 2 is 1.70 bits per heavy atom. The van der Waals surface area contributed by atoms with Gasteiger partial charge in [0.2, 0.25) is 9.84 Å². The molecule has 3 rings (SSSR count). The lowest BCUT2D eigenvalue weighted by Gasteiger charge is -2.04. The normalized spacial score (nSPS) is 11.9. The fourth-order valence-electron chi connectivity index (χ4n) is 2.04. The van der Waals surface area contributed by atoms with Gasteiger partial charge in [-0.2, -0.15) is 0 Å². The van der Waals surface area contributed by atoms with Crippen LogP contribution in [0.3, 0.4) is 0 Å². The third-order valence-electron chi connectivity index (χ3n) is 3.03. The molecule has 0 spiro atoms. The monoisotopic (exact) mass is 369 g/mol. The molecule has 0 aliphatic heterocycles. The molecule has 3 aromatic rings. The lowest BCUT2D eigenvalue weighted by Crippen LogP contribution is -2.04. The topological polar surface area (TPSA) is 39.1 Å². The first kappa shape index (κ1) is 13.7. The van der Waals surface area contributed by atoms with Gasteiger partial charge in [-0.15, -0.1) is 0 Å². The minimum Gasteiger partial charge on any atom is -0.265 e. The summed E-state index contributed by atoms with van der Waals surface area (Å²) in [4.78, 5) is 0.250. The van der Waals surface area contributed by atoms with Gasteiger partial charge in [0.05, 0.1) is 31.6 Å². The fraction of sp³-hybridized carbons (Fsp3) is 0. The molecule has 0 fully saturated rings. The third-order valence-corrected chi connectivity index (χ3v) is 6.10. The third kappa shape index (κ3) is 2.06. The Hall–Kier alpha value is -1.30. The van der Waals surface area contributed by atoms with E-state index in [1.807, 2.05) is 0 Å². The van der Waals surface area contributed by atoms with Gasteiger partial charge in [-0.1, -0.05) is 35.9 Å². The van der Waals surface area contributed by atoms with Crippen LogP contribution < -0.4 is 0 Å². The molecule has 0 saturated carbocycles. The van der Waals surface area contributed by atoms with Crippen molar-refractivity contribution in [3.8, 4) is 0 Å². The zero-order chi connectivity index (χ0) is 14.3. The summed E-state index contributed by atoms with van der Waals surface area (Å²) in [6.07, 6.45) is 0. The van der Waals surface area contributed by atoms with E-state index in [4.69, 9.17) is 11.6 Å². The molecule has 3 nitrogen and oxygen atoms in total. The zero-order valence-corrected chi connectivity index (χ0v) is 13.3. The maximum Gasteiger partial charge on any atom is 0.222 e. The number of fused-ring (bicyclic) bond motifs is 1. The molecule has 0 N–H and O–H groups in total. The van der Waals surface area contributed by atoms with Crippen molar-refractivity contribution < 1.29 is 8.42 Å². The zero-order valence-electron chi connectivity index (χ0n) is 10.1. The molecule has 2 aromatic carbocycles. The van der Waals surface area contributed by atoms with Crippen molar-refractivity contribution in [3.63, 3.8) is 0 Å². The number of benzene rings is 2. The highest BCUT2D eigenvalue weighted by Gasteiger charge is 2.23. The van der Waals surface area contributed by atoms with Crippen LogP contribution in [0.2, 0.25) is 5.02 Å². The van der Waals surface area contributed by atoms with Gasteiger partial charge in [0.25, 0.3) is 0 Å². The average molecular weight is 371 g/mol. The highest BCUT2D eigenvalue weighted by molar-refractivity contribution is 9.08. The largest absolute Gasteiger partial charge is 0.265 e. The van der Waals surface area contributed by atoms with Crippen LogP contribution in [-0.4, -0.2) is 12.0 Å². The molecular formula is C14H9BrClNO2S. The van der Waals surface area contributed by atoms with Crippen LogP contribution in [0, 0.1) is 0 Å². The number of nitrogens with zero attached hydrogens (tertiary/aromatic N) is 1. The van der Waals surface area contributed by atoms with Crippen molar-refractivity contribution in [2.24, 2.45) is 0 Å². The summed E-state index contributed by atoms with van der Waals surface area (Å²) in [7, 11) is -3.59. The van der Waals surface area contributed by atoms with E-state index >= 15 is 0 Å². The molecule has 0 unspecified atom stereocenters. The first-order chi connectivity index (χ1) is 9.51. The Morgan fingerprint density at radius 1 is 1.00 bits per heavy atom. The number of hydrogen-bond donors (Lipinski definition) is 0. The number of hydrogen-bond acceptors (Lipinski definition) is 2. The molecule has 0 aliphatic rings. The van der Waals surface area contributed by atoms with Gasteiger partial charge in [-0.05, 0) is 30.3 Å². The van der Waals surface area contributed by atoms with E-state index in [0.29, 0.717) is 15.9 Å². The van der Waals surface area contributed by atoms with Crippen LogP contribution in [0.1, 0.15) is 0 Å². The van der Waals surface area contributed by atoms with Gasteiger partial charge in [0.1, 0.15) is 0 Å². The first-order valence-electron chi connectivity index (χ1n) is 5.78. The smallest absolute Gasteiger partial charge is 0.222 e. The first-order valence-corrected chi connectivity index (χ1v) is 8.35. The summed E-state index contributed by atoms with van der Waals surface area (Å²) in [6, 6.07) is 15.2. The van der Waals surface area contributed by atoms with Gasteiger partial charge in [-0.3, -0.25) is 3.59 Å². The Labute approximate surface area is 130 Å². The summed E-state index contributed by atoms with van der Waals surface area (Å²) >= 11 is 9.41. The molecule has 0 atom stereocenters. The summed E-state index contributed by atoms with van der Waals surface area (Å²) in [6.45, 7) is 0. The lowest BCUT2D eigenvalue weighted by atomic mass is 10.2. The predicted molar refractivity (Wildman–Crippen MR) is 83.2 cm³/mol. The molecular weight excluding hydrogens is 362 g/mol. The van der Waals surface area contributed by atoms with E-state index in [-0.39, 0.29) is 9.92 Å². The van der Waals surface area contributed by atoms with Crippen LogP contribution in [0.25, 0.3) is 10.9 Å². The predicted octanol–water partition coefficient (Wildman–Crippen LogP) is 4.29. The molecule has 0 radical (unpaired) electrons. The molecule has 0 aliphatic carbocycles. The van der Waals surface area contributed by atoms with Crippen molar-refractivity contribution in [1.29, 1.82) is 0 Å². The summed E-state index contributed by atoms with van der Waals surface area (Å²) < 4.78 is 26.8. The second-order valence-electron chi connectivity index (χ2n) is 4.25. The minimum absolute atomic E-state index is 0.159. The Balaban J connectivity index is 2.31. The SMILES string of the molecule is O=S(=O)(c1ccccc1)c1cc2c(Cl)cccc2n1Br. The van der Waals surface area contributed by atoms with Crippen molar-refractivity contribution >= 4 is 48.5 Å². The van der Waals surface area contributed by atoms with Gasteiger partial charge >= 0.3 is 0 Å². The summed E-state index contributed by atoms with van der Waals surface area (Å²) in [5, 5.41) is 1.37. The van der Waals surface area contributed by atoms with E-state index in [1.54, 1.807) is 54.6 Å². The molecule has 0 bridgehead atoms. The second-order valence-corrected chi connectivity index (χ2v) is 7.27. The van der Waals surface area contributed by atoms with E-state index in [2.05, 4.69) is 16.1 Å². The van der Waals surface area contributed by atoms with Crippen molar-refractivity contribution in [1.82, 2.24) is 3.59 Å². The van der Waals surface area contributed by atoms with Crippen molar-refractivity contribution in [3.05, 3.63) is 59.6 Å².